The number of nitrogens with two attached hydrogens (primary N) is 1. The summed E-state index contributed by atoms with van der Waals surface area (Å²) in [5, 5.41) is 10.9. The molecule has 0 spiro atoms. The van der Waals surface area contributed by atoms with Crippen molar-refractivity contribution >= 4 is 33.9 Å². The molecule has 0 saturated heterocycles. The van der Waals surface area contributed by atoms with E-state index in [0.717, 1.165) is 0 Å². The van der Waals surface area contributed by atoms with Crippen molar-refractivity contribution in [1.29, 1.82) is 5.26 Å². The lowest BCUT2D eigenvalue weighted by Gasteiger charge is -2.16. The van der Waals surface area contributed by atoms with Gasteiger partial charge >= 0.3 is 6.03 Å². The number of primary amides is 1. The molecule has 0 bridgehead atoms. The van der Waals surface area contributed by atoms with Gasteiger partial charge in [-0.2, -0.15) is 5.26 Å². The second kappa shape index (κ2) is 8.19. The molecule has 122 valence electrons. The van der Waals surface area contributed by atoms with Crippen molar-refractivity contribution in [2.75, 3.05) is 7.11 Å². The van der Waals surface area contributed by atoms with E-state index in [-0.39, 0.29) is 11.7 Å². The second-order valence-electron chi connectivity index (χ2n) is 4.69. The number of carbonyl (C=O) groups excluding carboxylic acids is 2. The topological polar surface area (TPSA) is 114 Å². The Labute approximate surface area is 142 Å². The number of amides is 3. The van der Waals surface area contributed by atoms with Crippen molar-refractivity contribution in [3.63, 3.8) is 0 Å². The number of hydrogen-bond donors (Lipinski definition) is 2. The highest BCUT2D eigenvalue weighted by molar-refractivity contribution is 9.10. The summed E-state index contributed by atoms with van der Waals surface area (Å²) in [5.74, 6) is 0.0734. The van der Waals surface area contributed by atoms with E-state index in [1.54, 1.807) is 18.2 Å². The Morgan fingerprint density at radius 1 is 1.43 bits per heavy atom. The van der Waals surface area contributed by atoms with Gasteiger partial charge in [0, 0.05) is 0 Å². The number of nitrogens with zero attached hydrogens (tertiary/aromatic N) is 1. The van der Waals surface area contributed by atoms with E-state index in [0.29, 0.717) is 21.5 Å². The van der Waals surface area contributed by atoms with Gasteiger partial charge in [0.15, 0.2) is 11.5 Å². The molecule has 1 aromatic rings. The zero-order chi connectivity index (χ0) is 17.6. The third kappa shape index (κ3) is 5.30. The summed E-state index contributed by atoms with van der Waals surface area (Å²) in [6.45, 7) is 3.75. The Balaban J connectivity index is 3.25. The number of benzene rings is 1. The molecule has 0 aromatic heterocycles. The van der Waals surface area contributed by atoms with Crippen molar-refractivity contribution in [3.05, 3.63) is 27.7 Å². The first kappa shape index (κ1) is 18.5. The molecule has 3 amide bonds. The summed E-state index contributed by atoms with van der Waals surface area (Å²) >= 11 is 3.36. The van der Waals surface area contributed by atoms with Gasteiger partial charge in [-0.15, -0.1) is 0 Å². The van der Waals surface area contributed by atoms with Crippen LogP contribution >= 0.6 is 15.9 Å². The first-order valence-electron chi connectivity index (χ1n) is 6.55. The van der Waals surface area contributed by atoms with Crippen LogP contribution in [0.2, 0.25) is 0 Å². The minimum atomic E-state index is -1.03. The van der Waals surface area contributed by atoms with Gasteiger partial charge in [-0.25, -0.2) is 4.79 Å². The first-order valence-corrected chi connectivity index (χ1v) is 7.34. The molecule has 0 aliphatic carbocycles. The van der Waals surface area contributed by atoms with Gasteiger partial charge in [0.2, 0.25) is 0 Å². The Kier molecular flexibility index (Phi) is 6.60. The molecule has 0 saturated carbocycles. The van der Waals surface area contributed by atoms with Crippen LogP contribution < -0.4 is 20.5 Å². The number of nitriles is 1. The van der Waals surface area contributed by atoms with Crippen molar-refractivity contribution < 1.29 is 19.1 Å². The highest BCUT2D eigenvalue weighted by atomic mass is 79.9. The third-order valence-electron chi connectivity index (χ3n) is 2.52. The number of methoxy groups -OCH3 is 1. The number of imide groups is 1. The normalized spacial score (nSPS) is 10.9. The third-order valence-corrected chi connectivity index (χ3v) is 3.11. The van der Waals surface area contributed by atoms with Crippen molar-refractivity contribution in [2.45, 2.75) is 20.0 Å². The SMILES string of the molecule is COc1cc(/C=C(/C#N)C(=O)NC(N)=O)cc(Br)c1OC(C)C. The number of halogens is 1. The smallest absolute Gasteiger partial charge is 0.319 e. The molecule has 0 atom stereocenters. The average molecular weight is 382 g/mol. The van der Waals surface area contributed by atoms with E-state index in [4.69, 9.17) is 20.5 Å². The van der Waals surface area contributed by atoms with Gasteiger partial charge in [0.05, 0.1) is 17.7 Å². The molecular weight excluding hydrogens is 366 g/mol. The Morgan fingerprint density at radius 2 is 2.09 bits per heavy atom. The Morgan fingerprint density at radius 3 is 2.57 bits per heavy atom. The van der Waals surface area contributed by atoms with Crippen LogP contribution in [-0.4, -0.2) is 25.2 Å². The number of carbonyl (C=O) groups is 2. The maximum Gasteiger partial charge on any atom is 0.319 e. The van der Waals surface area contributed by atoms with Crippen LogP contribution in [0.15, 0.2) is 22.2 Å². The largest absolute Gasteiger partial charge is 0.493 e. The summed E-state index contributed by atoms with van der Waals surface area (Å²) < 4.78 is 11.5. The van der Waals surface area contributed by atoms with Crippen molar-refractivity contribution in [3.8, 4) is 17.6 Å². The zero-order valence-electron chi connectivity index (χ0n) is 12.8. The Hall–Kier alpha value is -2.53. The minimum absolute atomic E-state index is 0.0578. The number of ether oxygens (including phenoxy) is 2. The Bertz CT molecular complexity index is 693. The summed E-state index contributed by atoms with van der Waals surface area (Å²) in [7, 11) is 1.48. The van der Waals surface area contributed by atoms with Crippen LogP contribution in [0.25, 0.3) is 6.08 Å². The number of rotatable bonds is 5. The molecule has 0 heterocycles. The van der Waals surface area contributed by atoms with Crippen LogP contribution in [0.5, 0.6) is 11.5 Å². The van der Waals surface area contributed by atoms with Gasteiger partial charge in [-0.3, -0.25) is 10.1 Å². The monoisotopic (exact) mass is 381 g/mol. The molecule has 8 heteroatoms. The van der Waals surface area contributed by atoms with Gasteiger partial charge in [0.1, 0.15) is 11.6 Å². The van der Waals surface area contributed by atoms with Crippen LogP contribution in [0, 0.1) is 11.3 Å². The van der Waals surface area contributed by atoms with Crippen LogP contribution in [0.1, 0.15) is 19.4 Å². The maximum absolute atomic E-state index is 11.7. The summed E-state index contributed by atoms with van der Waals surface area (Å²) in [6.07, 6.45) is 1.25. The molecule has 0 fully saturated rings. The maximum atomic E-state index is 11.7. The van der Waals surface area contributed by atoms with Gasteiger partial charge < -0.3 is 15.2 Å². The fourth-order valence-corrected chi connectivity index (χ4v) is 2.22. The highest BCUT2D eigenvalue weighted by Gasteiger charge is 2.15. The van der Waals surface area contributed by atoms with E-state index in [1.165, 1.54) is 13.2 Å². The highest BCUT2D eigenvalue weighted by Crippen LogP contribution is 2.37. The quantitative estimate of drug-likeness (QED) is 0.599. The fourth-order valence-electron chi connectivity index (χ4n) is 1.67. The van der Waals surface area contributed by atoms with Crippen LogP contribution in [0.3, 0.4) is 0 Å². The minimum Gasteiger partial charge on any atom is -0.493 e. The van der Waals surface area contributed by atoms with Crippen molar-refractivity contribution in [2.24, 2.45) is 5.73 Å². The van der Waals surface area contributed by atoms with Gasteiger partial charge in [0.25, 0.3) is 5.91 Å². The summed E-state index contributed by atoms with van der Waals surface area (Å²) in [6, 6.07) is 3.95. The average Bonchev–Trinajstić information content (AvgIpc) is 2.45. The second-order valence-corrected chi connectivity index (χ2v) is 5.54. The van der Waals surface area contributed by atoms with Gasteiger partial charge in [-0.05, 0) is 53.5 Å². The predicted molar refractivity (Wildman–Crippen MR) is 87.8 cm³/mol. The molecule has 0 radical (unpaired) electrons. The lowest BCUT2D eigenvalue weighted by molar-refractivity contribution is -0.115. The van der Waals surface area contributed by atoms with Crippen LogP contribution in [-0.2, 0) is 4.79 Å². The lowest BCUT2D eigenvalue weighted by atomic mass is 10.1. The predicted octanol–water partition coefficient (Wildman–Crippen LogP) is 2.35. The molecule has 0 aliphatic heterocycles. The molecule has 0 aliphatic rings. The van der Waals surface area contributed by atoms with E-state index in [9.17, 15) is 9.59 Å². The number of nitrogens with one attached hydrogen (secondary N) is 1. The standard InChI is InChI=1S/C15H16BrN3O4/c1-8(2)23-13-11(16)5-9(6-12(13)22-3)4-10(7-17)14(20)19-15(18)21/h4-6,8H,1-3H3,(H3,18,19,20,21)/b10-4-. The molecule has 7 nitrogen and oxygen atoms in total. The summed E-state index contributed by atoms with van der Waals surface area (Å²) in [4.78, 5) is 22.4. The first-order chi connectivity index (χ1) is 10.8. The van der Waals surface area contributed by atoms with E-state index in [2.05, 4.69) is 15.9 Å². The fraction of sp³-hybridized carbons (Fsp3) is 0.267. The van der Waals surface area contributed by atoms with Gasteiger partial charge in [-0.1, -0.05) is 0 Å². The number of urea groups is 1. The van der Waals surface area contributed by atoms with Crippen molar-refractivity contribution in [1.82, 2.24) is 5.32 Å². The zero-order valence-corrected chi connectivity index (χ0v) is 14.4. The summed E-state index contributed by atoms with van der Waals surface area (Å²) in [5.41, 5.74) is 5.11. The molecule has 3 N–H and O–H groups in total. The molecule has 1 rings (SSSR count). The van der Waals surface area contributed by atoms with E-state index >= 15 is 0 Å². The van der Waals surface area contributed by atoms with Crippen LogP contribution in [0.4, 0.5) is 4.79 Å². The molecule has 23 heavy (non-hydrogen) atoms. The molecular formula is C15H16BrN3O4. The van der Waals surface area contributed by atoms with E-state index < -0.39 is 11.9 Å². The number of hydrogen-bond acceptors (Lipinski definition) is 5. The lowest BCUT2D eigenvalue weighted by Crippen LogP contribution is -2.35. The molecule has 0 unspecified atom stereocenters. The molecule has 1 aromatic carbocycles. The van der Waals surface area contributed by atoms with E-state index in [1.807, 2.05) is 19.2 Å².